The number of methoxy groups -OCH3 is 2. The molecule has 0 aliphatic carbocycles. The number of furan rings is 1. The summed E-state index contributed by atoms with van der Waals surface area (Å²) in [6.07, 6.45) is 2.95. The van der Waals surface area contributed by atoms with Crippen LogP contribution in [0.3, 0.4) is 0 Å². The lowest BCUT2D eigenvalue weighted by Crippen LogP contribution is -2.34. The maximum absolute atomic E-state index is 12.5. The van der Waals surface area contributed by atoms with Crippen LogP contribution in [0.15, 0.2) is 46.7 Å². The molecule has 0 fully saturated rings. The van der Waals surface area contributed by atoms with Crippen molar-refractivity contribution in [1.29, 1.82) is 0 Å². The normalized spacial score (nSPS) is 10.9. The number of benzene rings is 1. The van der Waals surface area contributed by atoms with Crippen LogP contribution >= 0.6 is 0 Å². The van der Waals surface area contributed by atoms with Crippen molar-refractivity contribution in [2.75, 3.05) is 20.8 Å². The number of hydrogen-bond acceptors (Lipinski definition) is 5. The van der Waals surface area contributed by atoms with E-state index in [9.17, 15) is 9.59 Å². The van der Waals surface area contributed by atoms with Crippen molar-refractivity contribution < 1.29 is 23.5 Å². The zero-order valence-electron chi connectivity index (χ0n) is 14.3. The van der Waals surface area contributed by atoms with E-state index < -0.39 is 11.8 Å². The van der Waals surface area contributed by atoms with E-state index in [1.165, 1.54) is 32.6 Å². The highest BCUT2D eigenvalue weighted by molar-refractivity contribution is 6.05. The summed E-state index contributed by atoms with van der Waals surface area (Å²) in [5.41, 5.74) is 0.406. The molecule has 1 heterocycles. The molecule has 0 atom stereocenters. The zero-order valence-corrected chi connectivity index (χ0v) is 14.3. The molecular formula is C18H20N2O5. The van der Waals surface area contributed by atoms with E-state index >= 15 is 0 Å². The summed E-state index contributed by atoms with van der Waals surface area (Å²) in [5.74, 6) is 0.519. The Kier molecular flexibility index (Phi) is 6.22. The molecule has 132 valence electrons. The molecule has 1 aromatic heterocycles. The summed E-state index contributed by atoms with van der Waals surface area (Å²) in [6.45, 7) is 2.22. The minimum atomic E-state index is -0.454. The number of carbonyl (C=O) groups excluding carboxylic acids is 2. The highest BCUT2D eigenvalue weighted by Gasteiger charge is 2.16. The fourth-order valence-electron chi connectivity index (χ4n) is 2.10. The minimum Gasteiger partial charge on any atom is -0.493 e. The first-order valence-electron chi connectivity index (χ1n) is 7.65. The molecule has 0 spiro atoms. The Morgan fingerprint density at radius 1 is 1.16 bits per heavy atom. The van der Waals surface area contributed by atoms with Gasteiger partial charge in [-0.1, -0.05) is 0 Å². The molecule has 2 aromatic rings. The lowest BCUT2D eigenvalue weighted by molar-refractivity contribution is -0.117. The van der Waals surface area contributed by atoms with E-state index in [0.717, 1.165) is 0 Å². The maximum atomic E-state index is 12.5. The number of rotatable bonds is 7. The molecule has 2 N–H and O–H groups in total. The third kappa shape index (κ3) is 4.63. The molecule has 2 amide bonds. The summed E-state index contributed by atoms with van der Waals surface area (Å²) in [7, 11) is 2.99. The molecule has 7 heteroatoms. The monoisotopic (exact) mass is 344 g/mol. The van der Waals surface area contributed by atoms with Gasteiger partial charge in [0.25, 0.3) is 11.8 Å². The fraction of sp³-hybridized carbons (Fsp3) is 0.222. The van der Waals surface area contributed by atoms with Gasteiger partial charge in [-0.25, -0.2) is 0 Å². The summed E-state index contributed by atoms with van der Waals surface area (Å²) >= 11 is 0. The van der Waals surface area contributed by atoms with Gasteiger partial charge in [0.05, 0.1) is 20.5 Å². The topological polar surface area (TPSA) is 89.8 Å². The van der Waals surface area contributed by atoms with Crippen LogP contribution in [0.5, 0.6) is 11.5 Å². The fourth-order valence-corrected chi connectivity index (χ4v) is 2.10. The van der Waals surface area contributed by atoms with Crippen molar-refractivity contribution in [3.63, 3.8) is 0 Å². The Labute approximate surface area is 145 Å². The number of ether oxygens (including phenoxy) is 2. The Hall–Kier alpha value is -3.22. The van der Waals surface area contributed by atoms with Gasteiger partial charge >= 0.3 is 0 Å². The van der Waals surface area contributed by atoms with Crippen molar-refractivity contribution in [3.05, 3.63) is 53.6 Å². The summed E-state index contributed by atoms with van der Waals surface area (Å²) < 4.78 is 15.5. The predicted octanol–water partition coefficient (Wildman–Crippen LogP) is 2.20. The van der Waals surface area contributed by atoms with E-state index in [0.29, 0.717) is 29.4 Å². The van der Waals surface area contributed by atoms with E-state index in [2.05, 4.69) is 10.6 Å². The highest BCUT2D eigenvalue weighted by atomic mass is 16.5. The molecule has 0 unspecified atom stereocenters. The second-order valence-electron chi connectivity index (χ2n) is 4.96. The Morgan fingerprint density at radius 2 is 1.92 bits per heavy atom. The Morgan fingerprint density at radius 3 is 2.52 bits per heavy atom. The minimum absolute atomic E-state index is 0.0802. The van der Waals surface area contributed by atoms with E-state index in [-0.39, 0.29) is 5.70 Å². The number of hydrogen-bond donors (Lipinski definition) is 2. The highest BCUT2D eigenvalue weighted by Crippen LogP contribution is 2.27. The molecule has 7 nitrogen and oxygen atoms in total. The molecule has 0 aliphatic heterocycles. The van der Waals surface area contributed by atoms with Gasteiger partial charge in [-0.3, -0.25) is 9.59 Å². The Bertz CT molecular complexity index is 766. The van der Waals surface area contributed by atoms with Crippen LogP contribution in [0, 0.1) is 0 Å². The van der Waals surface area contributed by atoms with Crippen LogP contribution < -0.4 is 20.1 Å². The maximum Gasteiger partial charge on any atom is 0.267 e. The number of likely N-dealkylation sites (N-methyl/N-ethyl adjacent to an activating group) is 1. The van der Waals surface area contributed by atoms with Crippen LogP contribution in [0.4, 0.5) is 0 Å². The van der Waals surface area contributed by atoms with Gasteiger partial charge in [0, 0.05) is 18.2 Å². The molecule has 25 heavy (non-hydrogen) atoms. The lowest BCUT2D eigenvalue weighted by atomic mass is 10.1. The van der Waals surface area contributed by atoms with Crippen LogP contribution in [-0.2, 0) is 4.79 Å². The number of nitrogens with one attached hydrogen (secondary N) is 2. The largest absolute Gasteiger partial charge is 0.493 e. The van der Waals surface area contributed by atoms with Gasteiger partial charge in [-0.2, -0.15) is 0 Å². The van der Waals surface area contributed by atoms with E-state index in [4.69, 9.17) is 13.9 Å². The predicted molar refractivity (Wildman–Crippen MR) is 92.4 cm³/mol. The van der Waals surface area contributed by atoms with Gasteiger partial charge in [0.2, 0.25) is 0 Å². The van der Waals surface area contributed by atoms with Gasteiger partial charge in [0.15, 0.2) is 11.5 Å². The van der Waals surface area contributed by atoms with E-state index in [1.54, 1.807) is 31.2 Å². The van der Waals surface area contributed by atoms with Gasteiger partial charge < -0.3 is 24.5 Å². The van der Waals surface area contributed by atoms with Crippen molar-refractivity contribution in [1.82, 2.24) is 10.6 Å². The summed E-state index contributed by atoms with van der Waals surface area (Å²) in [6, 6.07) is 8.12. The molecule has 0 bridgehead atoms. The van der Waals surface area contributed by atoms with Crippen LogP contribution in [0.1, 0.15) is 23.0 Å². The molecule has 0 radical (unpaired) electrons. The molecule has 0 saturated carbocycles. The average Bonchev–Trinajstić information content (AvgIpc) is 3.13. The molecule has 0 saturated heterocycles. The SMILES string of the molecule is CCNC(=O)/C(=C/c1ccco1)NC(=O)c1ccc(OC)c(OC)c1. The quantitative estimate of drug-likeness (QED) is 0.752. The van der Waals surface area contributed by atoms with Gasteiger partial charge in [0.1, 0.15) is 11.5 Å². The molecule has 2 rings (SSSR count). The third-order valence-corrected chi connectivity index (χ3v) is 3.31. The van der Waals surface area contributed by atoms with Crippen LogP contribution in [0.25, 0.3) is 6.08 Å². The van der Waals surface area contributed by atoms with Crippen molar-refractivity contribution in [2.24, 2.45) is 0 Å². The van der Waals surface area contributed by atoms with Crippen LogP contribution in [-0.4, -0.2) is 32.6 Å². The van der Waals surface area contributed by atoms with Crippen molar-refractivity contribution >= 4 is 17.9 Å². The zero-order chi connectivity index (χ0) is 18.2. The molecule has 1 aromatic carbocycles. The van der Waals surface area contributed by atoms with Gasteiger partial charge in [-0.15, -0.1) is 0 Å². The third-order valence-electron chi connectivity index (χ3n) is 3.31. The number of carbonyl (C=O) groups is 2. The standard InChI is InChI=1S/C18H20N2O5/c1-4-19-18(22)14(11-13-6-5-9-25-13)20-17(21)12-7-8-15(23-2)16(10-12)24-3/h5-11H,4H2,1-3H3,(H,19,22)(H,20,21)/b14-11-. The van der Waals surface area contributed by atoms with Crippen LogP contribution in [0.2, 0.25) is 0 Å². The molecule has 0 aliphatic rings. The van der Waals surface area contributed by atoms with Crippen molar-refractivity contribution in [2.45, 2.75) is 6.92 Å². The summed E-state index contributed by atoms with van der Waals surface area (Å²) in [4.78, 5) is 24.7. The Balaban J connectivity index is 2.26. The summed E-state index contributed by atoms with van der Waals surface area (Å²) in [5, 5.41) is 5.25. The average molecular weight is 344 g/mol. The second-order valence-corrected chi connectivity index (χ2v) is 4.96. The first-order valence-corrected chi connectivity index (χ1v) is 7.65. The smallest absolute Gasteiger partial charge is 0.267 e. The van der Waals surface area contributed by atoms with E-state index in [1.807, 2.05) is 0 Å². The first kappa shape index (κ1) is 18.1. The van der Waals surface area contributed by atoms with Gasteiger partial charge in [-0.05, 0) is 37.3 Å². The second kappa shape index (κ2) is 8.58. The van der Waals surface area contributed by atoms with Crippen molar-refractivity contribution in [3.8, 4) is 11.5 Å². The lowest BCUT2D eigenvalue weighted by Gasteiger charge is -2.12. The number of amides is 2. The first-order chi connectivity index (χ1) is 12.1. The molecular weight excluding hydrogens is 324 g/mol.